The van der Waals surface area contributed by atoms with E-state index in [9.17, 15) is 4.79 Å². The Morgan fingerprint density at radius 1 is 1.48 bits per heavy atom. The van der Waals surface area contributed by atoms with E-state index >= 15 is 0 Å². The molecular formula is C15H12N2O3S. The maximum atomic E-state index is 10.7. The van der Waals surface area contributed by atoms with Gasteiger partial charge in [0, 0.05) is 5.38 Å². The lowest BCUT2D eigenvalue weighted by Crippen LogP contribution is -1.98. The summed E-state index contributed by atoms with van der Waals surface area (Å²) in [5.41, 5.74) is 1.26. The molecular weight excluding hydrogens is 288 g/mol. The number of benzene rings is 1. The fourth-order valence-corrected chi connectivity index (χ4v) is 2.19. The van der Waals surface area contributed by atoms with Gasteiger partial charge in [0.05, 0.1) is 5.69 Å². The summed E-state index contributed by atoms with van der Waals surface area (Å²) in [6, 6.07) is 9.28. The topological polar surface area (TPSA) is 83.2 Å². The zero-order valence-corrected chi connectivity index (χ0v) is 12.1. The number of aliphatic carboxylic acids is 1. The first kappa shape index (κ1) is 14.8. The van der Waals surface area contributed by atoms with E-state index in [1.165, 1.54) is 17.4 Å². The summed E-state index contributed by atoms with van der Waals surface area (Å²) in [5, 5.41) is 19.9. The van der Waals surface area contributed by atoms with E-state index in [0.717, 1.165) is 11.3 Å². The molecule has 106 valence electrons. The molecule has 0 amide bonds. The lowest BCUT2D eigenvalue weighted by Gasteiger charge is -2.03. The molecule has 0 aliphatic rings. The summed E-state index contributed by atoms with van der Waals surface area (Å²) in [7, 11) is 0. The van der Waals surface area contributed by atoms with E-state index in [2.05, 4.69) is 4.98 Å². The highest BCUT2D eigenvalue weighted by atomic mass is 32.1. The van der Waals surface area contributed by atoms with Crippen molar-refractivity contribution < 1.29 is 14.6 Å². The van der Waals surface area contributed by atoms with E-state index in [0.29, 0.717) is 17.3 Å². The number of aromatic nitrogens is 1. The first-order valence-corrected chi connectivity index (χ1v) is 6.95. The Balaban J connectivity index is 2.02. The number of nitriles is 1. The van der Waals surface area contributed by atoms with Gasteiger partial charge < -0.3 is 9.84 Å². The van der Waals surface area contributed by atoms with Gasteiger partial charge >= 0.3 is 5.97 Å². The third-order valence-electron chi connectivity index (χ3n) is 2.60. The Hall–Kier alpha value is -2.65. The number of hydrogen-bond acceptors (Lipinski definition) is 5. The Morgan fingerprint density at radius 2 is 2.19 bits per heavy atom. The van der Waals surface area contributed by atoms with Crippen LogP contribution in [0.5, 0.6) is 5.75 Å². The van der Waals surface area contributed by atoms with E-state index < -0.39 is 5.97 Å². The van der Waals surface area contributed by atoms with Crippen molar-refractivity contribution in [1.29, 1.82) is 5.26 Å². The third-order valence-corrected chi connectivity index (χ3v) is 3.44. The van der Waals surface area contributed by atoms with Gasteiger partial charge in [-0.2, -0.15) is 5.26 Å². The number of thiazole rings is 1. The molecule has 1 aromatic heterocycles. The van der Waals surface area contributed by atoms with E-state index in [4.69, 9.17) is 15.1 Å². The van der Waals surface area contributed by atoms with Gasteiger partial charge in [-0.15, -0.1) is 11.3 Å². The van der Waals surface area contributed by atoms with Crippen LogP contribution in [0.25, 0.3) is 6.08 Å². The number of rotatable bonds is 5. The van der Waals surface area contributed by atoms with Crippen LogP contribution in [0.1, 0.15) is 16.3 Å². The van der Waals surface area contributed by atoms with Gasteiger partial charge in [0.15, 0.2) is 0 Å². The summed E-state index contributed by atoms with van der Waals surface area (Å²) in [6.07, 6.45) is 1.24. The molecule has 6 heteroatoms. The zero-order chi connectivity index (χ0) is 15.2. The Morgan fingerprint density at radius 3 is 2.81 bits per heavy atom. The maximum absolute atomic E-state index is 10.7. The van der Waals surface area contributed by atoms with E-state index in [1.54, 1.807) is 11.4 Å². The van der Waals surface area contributed by atoms with Gasteiger partial charge in [0.1, 0.15) is 29.0 Å². The Labute approximate surface area is 125 Å². The van der Waals surface area contributed by atoms with E-state index in [-0.39, 0.29) is 5.57 Å². The standard InChI is InChI=1S/C15H12N2O3S/c1-10-2-4-13(5-3-10)20-8-14-17-12(9-21-14)6-11(7-16)15(18)19/h2-6,9H,8H2,1H3,(H,18,19)/b11-6+. The van der Waals surface area contributed by atoms with Crippen molar-refractivity contribution in [1.82, 2.24) is 4.98 Å². The number of nitrogens with zero attached hydrogens (tertiary/aromatic N) is 2. The van der Waals surface area contributed by atoms with Crippen LogP contribution in [0, 0.1) is 18.3 Å². The van der Waals surface area contributed by atoms with Crippen LogP contribution in [0.3, 0.4) is 0 Å². The average molecular weight is 300 g/mol. The fourth-order valence-electron chi connectivity index (χ4n) is 1.53. The SMILES string of the molecule is Cc1ccc(OCc2nc(/C=C(\C#N)C(=O)O)cs2)cc1. The minimum Gasteiger partial charge on any atom is -0.486 e. The van der Waals surface area contributed by atoms with Crippen molar-refractivity contribution in [3.8, 4) is 11.8 Å². The molecule has 0 unspecified atom stereocenters. The number of carboxylic acid groups (broad SMARTS) is 1. The quantitative estimate of drug-likeness (QED) is 0.678. The molecule has 0 atom stereocenters. The van der Waals surface area contributed by atoms with Crippen LogP contribution in [-0.4, -0.2) is 16.1 Å². The molecule has 0 radical (unpaired) electrons. The van der Waals surface area contributed by atoms with Crippen molar-refractivity contribution in [3.05, 3.63) is 51.5 Å². The molecule has 5 nitrogen and oxygen atoms in total. The van der Waals surface area contributed by atoms with Crippen LogP contribution < -0.4 is 4.74 Å². The first-order valence-electron chi connectivity index (χ1n) is 6.07. The highest BCUT2D eigenvalue weighted by Crippen LogP contribution is 2.17. The molecule has 2 aromatic rings. The molecule has 0 aliphatic heterocycles. The first-order chi connectivity index (χ1) is 10.1. The second-order valence-corrected chi connectivity index (χ2v) is 5.19. The van der Waals surface area contributed by atoms with Crippen LogP contribution in [0.4, 0.5) is 0 Å². The largest absolute Gasteiger partial charge is 0.486 e. The van der Waals surface area contributed by atoms with Crippen LogP contribution in [0.2, 0.25) is 0 Å². The summed E-state index contributed by atoms with van der Waals surface area (Å²) in [4.78, 5) is 15.0. The van der Waals surface area contributed by atoms with Gasteiger partial charge in [0.25, 0.3) is 0 Å². The highest BCUT2D eigenvalue weighted by Gasteiger charge is 2.08. The predicted molar refractivity (Wildman–Crippen MR) is 78.9 cm³/mol. The molecule has 0 saturated heterocycles. The number of aryl methyl sites for hydroxylation is 1. The maximum Gasteiger partial charge on any atom is 0.346 e. The minimum atomic E-state index is -1.26. The van der Waals surface area contributed by atoms with Gasteiger partial charge in [-0.1, -0.05) is 17.7 Å². The molecule has 1 heterocycles. The second-order valence-electron chi connectivity index (χ2n) is 4.24. The number of carboxylic acids is 1. The van der Waals surface area contributed by atoms with Crippen molar-refractivity contribution in [2.24, 2.45) is 0 Å². The molecule has 0 aliphatic carbocycles. The van der Waals surface area contributed by atoms with Gasteiger partial charge in [-0.25, -0.2) is 9.78 Å². The van der Waals surface area contributed by atoms with Crippen LogP contribution >= 0.6 is 11.3 Å². The van der Waals surface area contributed by atoms with Gasteiger partial charge in [-0.3, -0.25) is 0 Å². The minimum absolute atomic E-state index is 0.302. The van der Waals surface area contributed by atoms with E-state index in [1.807, 2.05) is 31.2 Å². The van der Waals surface area contributed by atoms with Crippen molar-refractivity contribution >= 4 is 23.4 Å². The molecule has 0 spiro atoms. The summed E-state index contributed by atoms with van der Waals surface area (Å²) in [5.74, 6) is -0.515. The highest BCUT2D eigenvalue weighted by molar-refractivity contribution is 7.09. The second kappa shape index (κ2) is 6.68. The monoisotopic (exact) mass is 300 g/mol. The summed E-state index contributed by atoms with van der Waals surface area (Å²) < 4.78 is 5.59. The predicted octanol–water partition coefficient (Wildman–Crippen LogP) is 3.02. The smallest absolute Gasteiger partial charge is 0.346 e. The van der Waals surface area contributed by atoms with Gasteiger partial charge in [-0.05, 0) is 25.1 Å². The number of carbonyl (C=O) groups is 1. The van der Waals surface area contributed by atoms with Crippen molar-refractivity contribution in [3.63, 3.8) is 0 Å². The third kappa shape index (κ3) is 4.16. The number of ether oxygens (including phenoxy) is 1. The van der Waals surface area contributed by atoms with Crippen LogP contribution in [-0.2, 0) is 11.4 Å². The van der Waals surface area contributed by atoms with Crippen molar-refractivity contribution in [2.75, 3.05) is 0 Å². The molecule has 0 bridgehead atoms. The summed E-state index contributed by atoms with van der Waals surface area (Å²) in [6.45, 7) is 2.30. The van der Waals surface area contributed by atoms with Crippen LogP contribution in [0.15, 0.2) is 35.2 Å². The van der Waals surface area contributed by atoms with Crippen molar-refractivity contribution in [2.45, 2.75) is 13.5 Å². The molecule has 2 rings (SSSR count). The molecule has 0 fully saturated rings. The Kier molecular flexibility index (Phi) is 4.69. The normalized spacial score (nSPS) is 11.0. The molecule has 21 heavy (non-hydrogen) atoms. The molecule has 1 aromatic carbocycles. The summed E-state index contributed by atoms with van der Waals surface area (Å²) >= 11 is 1.35. The molecule has 0 saturated carbocycles. The Bertz CT molecular complexity index is 711. The number of hydrogen-bond donors (Lipinski definition) is 1. The lowest BCUT2D eigenvalue weighted by atomic mass is 10.2. The average Bonchev–Trinajstić information content (AvgIpc) is 2.91. The lowest BCUT2D eigenvalue weighted by molar-refractivity contribution is -0.132. The zero-order valence-electron chi connectivity index (χ0n) is 11.2. The molecule has 1 N–H and O–H groups in total. The van der Waals surface area contributed by atoms with Gasteiger partial charge in [0.2, 0.25) is 0 Å². The fraction of sp³-hybridized carbons (Fsp3) is 0.133.